The van der Waals surface area contributed by atoms with Crippen LogP contribution in [0.15, 0.2) is 55.0 Å². The monoisotopic (exact) mass is 614 g/mol. The topological polar surface area (TPSA) is 95.2 Å². The number of benzene rings is 2. The van der Waals surface area contributed by atoms with E-state index in [0.717, 1.165) is 23.2 Å². The van der Waals surface area contributed by atoms with Crippen molar-refractivity contribution in [3.8, 4) is 6.07 Å². The quantitative estimate of drug-likeness (QED) is 0.190. The first kappa shape index (κ1) is 32.4. The van der Waals surface area contributed by atoms with Gasteiger partial charge in [0.15, 0.2) is 5.11 Å². The molecule has 0 fully saturated rings. The highest BCUT2D eigenvalue weighted by Crippen LogP contribution is 2.27. The number of nitrogens with zero attached hydrogens (tertiary/aromatic N) is 4. The molecule has 8 nitrogen and oxygen atoms in total. The predicted octanol–water partition coefficient (Wildman–Crippen LogP) is 5.21. The Kier molecular flexibility index (Phi) is 12.9. The fraction of sp³-hybridized carbons (Fsp3) is 0.400. The highest BCUT2D eigenvalue weighted by Gasteiger charge is 2.23. The molecule has 218 valence electrons. The summed E-state index contributed by atoms with van der Waals surface area (Å²) in [6, 6.07) is 14.9. The second kappa shape index (κ2) is 16.3. The molecule has 41 heavy (non-hydrogen) atoms. The van der Waals surface area contributed by atoms with E-state index in [4.69, 9.17) is 45.4 Å². The number of hydrogen-bond donors (Lipinski definition) is 2. The molecule has 2 N–H and O–H groups in total. The van der Waals surface area contributed by atoms with Gasteiger partial charge < -0.3 is 24.8 Å². The van der Waals surface area contributed by atoms with E-state index in [0.29, 0.717) is 53.5 Å². The van der Waals surface area contributed by atoms with Crippen molar-refractivity contribution in [3.05, 3.63) is 87.4 Å². The summed E-state index contributed by atoms with van der Waals surface area (Å²) in [5, 5.41) is 17.1. The first-order chi connectivity index (χ1) is 19.7. The summed E-state index contributed by atoms with van der Waals surface area (Å²) < 4.78 is 7.09. The Morgan fingerprint density at radius 3 is 2.66 bits per heavy atom. The van der Waals surface area contributed by atoms with E-state index >= 15 is 0 Å². The minimum absolute atomic E-state index is 0.106. The lowest BCUT2D eigenvalue weighted by atomic mass is 10.0. The molecule has 1 atom stereocenters. The summed E-state index contributed by atoms with van der Waals surface area (Å²) in [5.41, 5.74) is 3.27. The Bertz CT molecular complexity index is 1340. The van der Waals surface area contributed by atoms with Crippen LogP contribution in [0.25, 0.3) is 0 Å². The minimum Gasteiger partial charge on any atom is -0.385 e. The van der Waals surface area contributed by atoms with Crippen LogP contribution in [0.1, 0.15) is 42.7 Å². The van der Waals surface area contributed by atoms with Gasteiger partial charge in [0, 0.05) is 57.8 Å². The van der Waals surface area contributed by atoms with E-state index < -0.39 is 0 Å². The number of carbonyl (C=O) groups excluding carboxylic acids is 1. The van der Waals surface area contributed by atoms with Gasteiger partial charge in [-0.25, -0.2) is 4.98 Å². The number of imidazole rings is 1. The Morgan fingerprint density at radius 1 is 1.22 bits per heavy atom. The Morgan fingerprint density at radius 2 is 1.98 bits per heavy atom. The van der Waals surface area contributed by atoms with Crippen molar-refractivity contribution in [2.75, 3.05) is 26.8 Å². The summed E-state index contributed by atoms with van der Waals surface area (Å²) in [5.74, 6) is 0.0288. The number of nitriles is 1. The van der Waals surface area contributed by atoms with Crippen molar-refractivity contribution in [1.82, 2.24) is 25.1 Å². The molecule has 0 spiro atoms. The van der Waals surface area contributed by atoms with Crippen molar-refractivity contribution in [2.24, 2.45) is 5.92 Å². The number of halogens is 2. The van der Waals surface area contributed by atoms with Gasteiger partial charge in [0.25, 0.3) is 0 Å². The predicted molar refractivity (Wildman–Crippen MR) is 167 cm³/mol. The number of amides is 1. The van der Waals surface area contributed by atoms with Crippen molar-refractivity contribution >= 4 is 46.4 Å². The summed E-state index contributed by atoms with van der Waals surface area (Å²) in [4.78, 5) is 19.5. The number of carbonyl (C=O) groups is 1. The third-order valence-electron chi connectivity index (χ3n) is 6.63. The van der Waals surface area contributed by atoms with E-state index in [1.165, 1.54) is 0 Å². The number of hydrogen-bond acceptors (Lipinski definition) is 5. The minimum atomic E-state index is -0.186. The van der Waals surface area contributed by atoms with E-state index in [1.807, 2.05) is 33.7 Å². The smallest absolute Gasteiger partial charge is 0.226 e. The summed E-state index contributed by atoms with van der Waals surface area (Å²) >= 11 is 18.5. The van der Waals surface area contributed by atoms with Gasteiger partial charge in [-0.3, -0.25) is 4.79 Å². The largest absolute Gasteiger partial charge is 0.385 e. The lowest BCUT2D eigenvalue weighted by molar-refractivity contribution is -0.121. The van der Waals surface area contributed by atoms with Gasteiger partial charge in [0.2, 0.25) is 5.91 Å². The van der Waals surface area contributed by atoms with Crippen molar-refractivity contribution in [3.63, 3.8) is 0 Å². The van der Waals surface area contributed by atoms with Crippen LogP contribution in [-0.4, -0.2) is 58.3 Å². The SMILES string of the molecule is COCCCNC(=S)N(Cc1cccc(Cl)c1Cl)C[C@@H](NC(=O)Cc1cncn1Cc1ccc(C#N)cc1)C(C)C. The van der Waals surface area contributed by atoms with Crippen LogP contribution in [0.4, 0.5) is 0 Å². The van der Waals surface area contributed by atoms with Crippen LogP contribution < -0.4 is 10.6 Å². The third kappa shape index (κ3) is 10.0. The van der Waals surface area contributed by atoms with Crippen molar-refractivity contribution < 1.29 is 9.53 Å². The summed E-state index contributed by atoms with van der Waals surface area (Å²) in [7, 11) is 1.67. The number of methoxy groups -OCH3 is 1. The first-order valence-corrected chi connectivity index (χ1v) is 14.6. The maximum atomic E-state index is 13.3. The summed E-state index contributed by atoms with van der Waals surface area (Å²) in [6.45, 7) is 6.90. The number of rotatable bonds is 14. The normalized spacial score (nSPS) is 11.6. The van der Waals surface area contributed by atoms with E-state index in [1.54, 1.807) is 37.8 Å². The lowest BCUT2D eigenvalue weighted by Gasteiger charge is -2.33. The summed E-state index contributed by atoms with van der Waals surface area (Å²) in [6.07, 6.45) is 4.41. The molecule has 1 heterocycles. The van der Waals surface area contributed by atoms with Gasteiger partial charge >= 0.3 is 0 Å². The fourth-order valence-corrected chi connectivity index (χ4v) is 4.84. The molecule has 0 unspecified atom stereocenters. The van der Waals surface area contributed by atoms with Gasteiger partial charge in [0.1, 0.15) is 0 Å². The zero-order valence-electron chi connectivity index (χ0n) is 23.6. The second-order valence-electron chi connectivity index (χ2n) is 10.1. The number of aromatic nitrogens is 2. The molecule has 1 amide bonds. The first-order valence-electron chi connectivity index (χ1n) is 13.4. The van der Waals surface area contributed by atoms with E-state index in [-0.39, 0.29) is 24.3 Å². The Hall–Kier alpha value is -3.16. The van der Waals surface area contributed by atoms with E-state index in [2.05, 4.69) is 35.5 Å². The molecule has 0 radical (unpaired) electrons. The van der Waals surface area contributed by atoms with E-state index in [9.17, 15) is 4.79 Å². The van der Waals surface area contributed by atoms with Gasteiger partial charge in [0.05, 0.1) is 34.4 Å². The molecule has 0 saturated carbocycles. The van der Waals surface area contributed by atoms with Crippen LogP contribution in [0.2, 0.25) is 10.0 Å². The highest BCUT2D eigenvalue weighted by atomic mass is 35.5. The van der Waals surface area contributed by atoms with Gasteiger partial charge in [-0.05, 0) is 53.9 Å². The Labute approximate surface area is 257 Å². The molecular weight excluding hydrogens is 579 g/mol. The van der Waals surface area contributed by atoms with Gasteiger partial charge in [-0.15, -0.1) is 0 Å². The maximum absolute atomic E-state index is 13.3. The molecule has 3 aromatic rings. The Balaban J connectivity index is 1.70. The fourth-order valence-electron chi connectivity index (χ4n) is 4.22. The van der Waals surface area contributed by atoms with Crippen LogP contribution in [0, 0.1) is 17.2 Å². The van der Waals surface area contributed by atoms with Crippen LogP contribution in [0.5, 0.6) is 0 Å². The van der Waals surface area contributed by atoms with Gasteiger partial charge in [-0.2, -0.15) is 5.26 Å². The maximum Gasteiger partial charge on any atom is 0.226 e. The van der Waals surface area contributed by atoms with Crippen molar-refractivity contribution in [1.29, 1.82) is 5.26 Å². The molecule has 3 rings (SSSR count). The second-order valence-corrected chi connectivity index (χ2v) is 11.3. The molecule has 11 heteroatoms. The molecule has 0 aliphatic heterocycles. The standard InChI is InChI=1S/C30H36Cl2N6O2S/c1-21(2)27(19-37(30(41)35-12-5-13-40-3)18-24-6-4-7-26(31)29(24)32)36-28(39)14-25-16-34-20-38(25)17-23-10-8-22(15-33)9-11-23/h4,6-11,16,20-21,27H,5,12-14,17-19H2,1-3H3,(H,35,41)(H,36,39)/t27-/m1/s1. The molecule has 0 aliphatic rings. The van der Waals surface area contributed by atoms with Crippen LogP contribution in [0.3, 0.4) is 0 Å². The number of ether oxygens (including phenoxy) is 1. The lowest BCUT2D eigenvalue weighted by Crippen LogP contribution is -2.51. The average molecular weight is 616 g/mol. The molecule has 0 bridgehead atoms. The molecule has 0 aliphatic carbocycles. The van der Waals surface area contributed by atoms with Crippen LogP contribution in [-0.2, 0) is 29.0 Å². The number of thiocarbonyl (C=S) groups is 1. The van der Waals surface area contributed by atoms with Gasteiger partial charge in [-0.1, -0.05) is 61.3 Å². The zero-order valence-corrected chi connectivity index (χ0v) is 25.9. The highest BCUT2D eigenvalue weighted by molar-refractivity contribution is 7.80. The molecule has 2 aromatic carbocycles. The number of nitrogens with one attached hydrogen (secondary N) is 2. The third-order valence-corrected chi connectivity index (χ3v) is 7.89. The van der Waals surface area contributed by atoms with Crippen molar-refractivity contribution in [2.45, 2.75) is 45.8 Å². The molecule has 0 saturated heterocycles. The molecular formula is C30H36Cl2N6O2S. The zero-order chi connectivity index (χ0) is 29.8. The molecule has 1 aromatic heterocycles. The average Bonchev–Trinajstić information content (AvgIpc) is 3.38. The van der Waals surface area contributed by atoms with Crippen LogP contribution >= 0.6 is 35.4 Å².